The van der Waals surface area contributed by atoms with Gasteiger partial charge in [0.05, 0.1) is 17.8 Å². The third-order valence-corrected chi connectivity index (χ3v) is 3.60. The van der Waals surface area contributed by atoms with E-state index in [4.69, 9.17) is 5.73 Å². The van der Waals surface area contributed by atoms with Crippen LogP contribution in [0.15, 0.2) is 10.8 Å². The van der Waals surface area contributed by atoms with Gasteiger partial charge in [0.15, 0.2) is 0 Å². The molecule has 0 bridgehead atoms. The van der Waals surface area contributed by atoms with Gasteiger partial charge in [-0.25, -0.2) is 4.63 Å². The summed E-state index contributed by atoms with van der Waals surface area (Å²) in [6, 6.07) is 0.229. The van der Waals surface area contributed by atoms with E-state index in [-0.39, 0.29) is 17.6 Å². The SMILES string of the molecule is CCC(CC)n1ncc(C(=O)NNC(=O)c2nonc2N)c1C. The molecule has 0 spiro atoms. The van der Waals surface area contributed by atoms with Crippen molar-refractivity contribution >= 4 is 17.6 Å². The Hall–Kier alpha value is -2.91. The van der Waals surface area contributed by atoms with Crippen molar-refractivity contribution in [2.24, 2.45) is 0 Å². The standard InChI is InChI=1S/C13H19N7O3/c1-4-8(5-2)20-7(3)9(6-15-20)12(21)16-17-13(22)10-11(14)19-23-18-10/h6,8H,4-5H2,1-3H3,(H2,14,19)(H,16,21)(H,17,22). The Morgan fingerprint density at radius 1 is 1.26 bits per heavy atom. The number of aromatic nitrogens is 4. The van der Waals surface area contributed by atoms with E-state index in [2.05, 4.69) is 44.7 Å². The lowest BCUT2D eigenvalue weighted by molar-refractivity contribution is 0.0841. The second-order valence-electron chi connectivity index (χ2n) is 4.96. The third-order valence-electron chi connectivity index (χ3n) is 3.60. The molecule has 10 nitrogen and oxygen atoms in total. The van der Waals surface area contributed by atoms with Crippen LogP contribution in [0.5, 0.6) is 0 Å². The van der Waals surface area contributed by atoms with E-state index < -0.39 is 11.8 Å². The average Bonchev–Trinajstić information content (AvgIpc) is 3.13. The van der Waals surface area contributed by atoms with Crippen LogP contribution in [-0.2, 0) is 0 Å². The number of nitrogen functional groups attached to an aromatic ring is 1. The summed E-state index contributed by atoms with van der Waals surface area (Å²) in [4.78, 5) is 23.9. The number of carbonyl (C=O) groups excluding carboxylic acids is 2. The molecule has 23 heavy (non-hydrogen) atoms. The summed E-state index contributed by atoms with van der Waals surface area (Å²) in [5.74, 6) is -1.36. The van der Waals surface area contributed by atoms with E-state index in [1.807, 2.05) is 11.6 Å². The Morgan fingerprint density at radius 2 is 1.91 bits per heavy atom. The van der Waals surface area contributed by atoms with E-state index in [0.717, 1.165) is 18.5 Å². The molecule has 2 amide bonds. The van der Waals surface area contributed by atoms with E-state index in [0.29, 0.717) is 5.56 Å². The molecule has 0 saturated heterocycles. The van der Waals surface area contributed by atoms with Crippen LogP contribution < -0.4 is 16.6 Å². The summed E-state index contributed by atoms with van der Waals surface area (Å²) < 4.78 is 6.14. The number of hydrogen-bond acceptors (Lipinski definition) is 7. The summed E-state index contributed by atoms with van der Waals surface area (Å²) in [6.45, 7) is 5.93. The fourth-order valence-corrected chi connectivity index (χ4v) is 2.24. The molecule has 4 N–H and O–H groups in total. The molecular weight excluding hydrogens is 302 g/mol. The molecule has 0 aliphatic heterocycles. The quantitative estimate of drug-likeness (QED) is 0.684. The fourth-order valence-electron chi connectivity index (χ4n) is 2.24. The van der Waals surface area contributed by atoms with Crippen LogP contribution >= 0.6 is 0 Å². The van der Waals surface area contributed by atoms with Gasteiger partial charge in [-0.05, 0) is 30.1 Å². The molecular formula is C13H19N7O3. The van der Waals surface area contributed by atoms with Gasteiger partial charge in [0.25, 0.3) is 11.8 Å². The van der Waals surface area contributed by atoms with Crippen molar-refractivity contribution in [1.29, 1.82) is 0 Å². The van der Waals surface area contributed by atoms with Gasteiger partial charge in [0, 0.05) is 5.69 Å². The van der Waals surface area contributed by atoms with Crippen molar-refractivity contribution in [2.75, 3.05) is 5.73 Å². The number of nitrogens with one attached hydrogen (secondary N) is 2. The number of amides is 2. The number of rotatable bonds is 5. The Bertz CT molecular complexity index is 702. The Labute approximate surface area is 132 Å². The highest BCUT2D eigenvalue weighted by Crippen LogP contribution is 2.19. The average molecular weight is 321 g/mol. The minimum Gasteiger partial charge on any atom is -0.379 e. The van der Waals surface area contributed by atoms with Crippen LogP contribution in [0.1, 0.15) is 59.3 Å². The second kappa shape index (κ2) is 6.90. The normalized spacial score (nSPS) is 10.8. The topological polar surface area (TPSA) is 141 Å². The molecule has 2 heterocycles. The van der Waals surface area contributed by atoms with Crippen LogP contribution in [0.3, 0.4) is 0 Å². The van der Waals surface area contributed by atoms with Gasteiger partial charge in [-0.15, -0.1) is 0 Å². The molecule has 0 aliphatic rings. The van der Waals surface area contributed by atoms with Gasteiger partial charge in [-0.2, -0.15) is 5.10 Å². The van der Waals surface area contributed by atoms with Crippen molar-refractivity contribution < 1.29 is 14.2 Å². The number of hydrazine groups is 1. The molecule has 0 aromatic carbocycles. The van der Waals surface area contributed by atoms with E-state index in [1.54, 1.807) is 0 Å². The molecule has 0 aliphatic carbocycles. The Kier molecular flexibility index (Phi) is 4.94. The first-order chi connectivity index (χ1) is 11.0. The maximum atomic E-state index is 12.2. The molecule has 0 radical (unpaired) electrons. The zero-order chi connectivity index (χ0) is 17.0. The predicted octanol–water partition coefficient (Wildman–Crippen LogP) is 0.593. The van der Waals surface area contributed by atoms with Crippen molar-refractivity contribution in [1.82, 2.24) is 30.9 Å². The van der Waals surface area contributed by atoms with Crippen molar-refractivity contribution in [3.8, 4) is 0 Å². The molecule has 2 rings (SSSR count). The monoisotopic (exact) mass is 321 g/mol. The number of hydrogen-bond donors (Lipinski definition) is 3. The maximum Gasteiger partial charge on any atom is 0.295 e. The lowest BCUT2D eigenvalue weighted by Crippen LogP contribution is -2.42. The Morgan fingerprint density at radius 3 is 2.48 bits per heavy atom. The summed E-state index contributed by atoms with van der Waals surface area (Å²) in [7, 11) is 0. The molecule has 0 fully saturated rings. The van der Waals surface area contributed by atoms with Crippen LogP contribution in [0.4, 0.5) is 5.82 Å². The summed E-state index contributed by atoms with van der Waals surface area (Å²) >= 11 is 0. The highest BCUT2D eigenvalue weighted by Gasteiger charge is 2.20. The van der Waals surface area contributed by atoms with Crippen molar-refractivity contribution in [3.05, 3.63) is 23.1 Å². The van der Waals surface area contributed by atoms with Crippen LogP contribution in [0, 0.1) is 6.92 Å². The van der Waals surface area contributed by atoms with Gasteiger partial charge in [-0.3, -0.25) is 25.1 Å². The third kappa shape index (κ3) is 3.30. The highest BCUT2D eigenvalue weighted by molar-refractivity contribution is 6.00. The minimum atomic E-state index is -0.720. The second-order valence-corrected chi connectivity index (χ2v) is 4.96. The summed E-state index contributed by atoms with van der Waals surface area (Å²) in [6.07, 6.45) is 3.30. The first kappa shape index (κ1) is 16.5. The van der Waals surface area contributed by atoms with E-state index in [1.165, 1.54) is 6.20 Å². The van der Waals surface area contributed by atoms with Gasteiger partial charge < -0.3 is 5.73 Å². The first-order valence-electron chi connectivity index (χ1n) is 7.22. The van der Waals surface area contributed by atoms with Crippen LogP contribution in [-0.4, -0.2) is 31.9 Å². The number of nitrogens with zero attached hydrogens (tertiary/aromatic N) is 4. The summed E-state index contributed by atoms with van der Waals surface area (Å²) in [5.41, 5.74) is 10.8. The van der Waals surface area contributed by atoms with Crippen LogP contribution in [0.25, 0.3) is 0 Å². The molecule has 2 aromatic rings. The molecule has 0 atom stereocenters. The minimum absolute atomic E-state index is 0.158. The van der Waals surface area contributed by atoms with Gasteiger partial charge >= 0.3 is 0 Å². The highest BCUT2D eigenvalue weighted by atomic mass is 16.6. The maximum absolute atomic E-state index is 12.2. The van der Waals surface area contributed by atoms with E-state index >= 15 is 0 Å². The van der Waals surface area contributed by atoms with E-state index in [9.17, 15) is 9.59 Å². The van der Waals surface area contributed by atoms with Crippen molar-refractivity contribution in [2.45, 2.75) is 39.7 Å². The van der Waals surface area contributed by atoms with Gasteiger partial charge in [-0.1, -0.05) is 13.8 Å². The van der Waals surface area contributed by atoms with Gasteiger partial charge in [0.1, 0.15) is 0 Å². The molecule has 2 aromatic heterocycles. The van der Waals surface area contributed by atoms with Crippen LogP contribution in [0.2, 0.25) is 0 Å². The lowest BCUT2D eigenvalue weighted by atomic mass is 10.1. The number of nitrogens with two attached hydrogens (primary N) is 1. The number of carbonyl (C=O) groups is 2. The molecule has 0 unspecified atom stereocenters. The largest absolute Gasteiger partial charge is 0.379 e. The zero-order valence-corrected chi connectivity index (χ0v) is 13.2. The molecule has 10 heteroatoms. The zero-order valence-electron chi connectivity index (χ0n) is 13.2. The first-order valence-corrected chi connectivity index (χ1v) is 7.22. The fraction of sp³-hybridized carbons (Fsp3) is 0.462. The molecule has 124 valence electrons. The van der Waals surface area contributed by atoms with Crippen molar-refractivity contribution in [3.63, 3.8) is 0 Å². The Balaban J connectivity index is 2.04. The molecule has 0 saturated carbocycles. The lowest BCUT2D eigenvalue weighted by Gasteiger charge is -2.15. The summed E-state index contributed by atoms with van der Waals surface area (Å²) in [5, 5.41) is 10.9. The van der Waals surface area contributed by atoms with Gasteiger partial charge in [0.2, 0.25) is 11.5 Å². The predicted molar refractivity (Wildman–Crippen MR) is 80.2 cm³/mol. The number of anilines is 1. The smallest absolute Gasteiger partial charge is 0.295 e.